The molecule has 0 aromatic heterocycles. The van der Waals surface area contributed by atoms with Crippen LogP contribution in [0.3, 0.4) is 0 Å². The number of nitrogens with two attached hydrogens (primary N) is 1. The number of ether oxygens (including phenoxy) is 2. The summed E-state index contributed by atoms with van der Waals surface area (Å²) in [5.41, 5.74) is 7.67. The van der Waals surface area contributed by atoms with E-state index in [0.717, 1.165) is 31.5 Å². The van der Waals surface area contributed by atoms with E-state index in [-0.39, 0.29) is 17.7 Å². The van der Waals surface area contributed by atoms with Crippen molar-refractivity contribution in [3.63, 3.8) is 0 Å². The molecule has 0 saturated carbocycles. The van der Waals surface area contributed by atoms with Crippen molar-refractivity contribution in [2.75, 3.05) is 32.6 Å². The average molecular weight is 397 g/mol. The molecule has 1 fully saturated rings. The summed E-state index contributed by atoms with van der Waals surface area (Å²) in [5.74, 6) is 0.505. The zero-order valence-electron chi connectivity index (χ0n) is 16.8. The van der Waals surface area contributed by atoms with Gasteiger partial charge in [0.1, 0.15) is 11.5 Å². The van der Waals surface area contributed by atoms with Crippen molar-refractivity contribution in [3.8, 4) is 11.5 Å². The van der Waals surface area contributed by atoms with Crippen LogP contribution >= 0.6 is 0 Å². The summed E-state index contributed by atoms with van der Waals surface area (Å²) in [7, 11) is 3.08. The summed E-state index contributed by atoms with van der Waals surface area (Å²) in [6, 6.07) is 12.8. The van der Waals surface area contributed by atoms with E-state index in [2.05, 4.69) is 10.2 Å². The second kappa shape index (κ2) is 9.43. The van der Waals surface area contributed by atoms with E-state index in [1.54, 1.807) is 25.3 Å². The number of likely N-dealkylation sites (tertiary alicyclic amines) is 1. The molecule has 1 aliphatic heterocycles. The van der Waals surface area contributed by atoms with Crippen LogP contribution in [0, 0.1) is 5.92 Å². The van der Waals surface area contributed by atoms with Gasteiger partial charge in [0.25, 0.3) is 5.91 Å². The standard InChI is InChI=1S/C22H27N3O4/c1-28-18-9-10-20(29-2)19(12-18)22(27)24-17-7-5-15(6-8-17)13-25-11-3-4-16(14-25)21(23)26/h5-10,12,16H,3-4,11,13-14H2,1-2H3,(H2,23,26)(H,24,27). The van der Waals surface area contributed by atoms with Crippen molar-refractivity contribution >= 4 is 17.5 Å². The number of anilines is 1. The zero-order chi connectivity index (χ0) is 20.8. The van der Waals surface area contributed by atoms with Crippen molar-refractivity contribution < 1.29 is 19.1 Å². The highest BCUT2D eigenvalue weighted by molar-refractivity contribution is 6.06. The number of methoxy groups -OCH3 is 2. The van der Waals surface area contributed by atoms with Crippen LogP contribution in [0.15, 0.2) is 42.5 Å². The lowest BCUT2D eigenvalue weighted by Gasteiger charge is -2.31. The number of benzene rings is 2. The summed E-state index contributed by atoms with van der Waals surface area (Å²) in [4.78, 5) is 26.3. The highest BCUT2D eigenvalue weighted by Crippen LogP contribution is 2.25. The number of rotatable bonds is 7. The van der Waals surface area contributed by atoms with E-state index in [0.29, 0.717) is 29.3 Å². The Balaban J connectivity index is 1.63. The van der Waals surface area contributed by atoms with Crippen LogP contribution in [0.4, 0.5) is 5.69 Å². The Hall–Kier alpha value is -3.06. The monoisotopic (exact) mass is 397 g/mol. The van der Waals surface area contributed by atoms with Gasteiger partial charge in [0.15, 0.2) is 0 Å². The first-order chi connectivity index (χ1) is 14.0. The minimum atomic E-state index is -0.270. The predicted molar refractivity (Wildman–Crippen MR) is 111 cm³/mol. The van der Waals surface area contributed by atoms with Gasteiger partial charge < -0.3 is 20.5 Å². The van der Waals surface area contributed by atoms with E-state index in [9.17, 15) is 9.59 Å². The van der Waals surface area contributed by atoms with Gasteiger partial charge in [0.2, 0.25) is 5.91 Å². The molecular weight excluding hydrogens is 370 g/mol. The van der Waals surface area contributed by atoms with Gasteiger partial charge in [0.05, 0.1) is 25.7 Å². The minimum absolute atomic E-state index is 0.0693. The summed E-state index contributed by atoms with van der Waals surface area (Å²) < 4.78 is 10.5. The van der Waals surface area contributed by atoms with Gasteiger partial charge in [-0.15, -0.1) is 0 Å². The third-order valence-electron chi connectivity index (χ3n) is 5.18. The molecule has 0 bridgehead atoms. The van der Waals surface area contributed by atoms with Gasteiger partial charge in [-0.3, -0.25) is 14.5 Å². The highest BCUT2D eigenvalue weighted by Gasteiger charge is 2.23. The molecule has 2 amide bonds. The number of nitrogens with one attached hydrogen (secondary N) is 1. The first-order valence-electron chi connectivity index (χ1n) is 9.64. The Morgan fingerprint density at radius 3 is 2.55 bits per heavy atom. The summed E-state index contributed by atoms with van der Waals surface area (Å²) in [5, 5.41) is 2.89. The van der Waals surface area contributed by atoms with E-state index in [4.69, 9.17) is 15.2 Å². The molecule has 1 unspecified atom stereocenters. The molecule has 0 spiro atoms. The molecule has 29 heavy (non-hydrogen) atoms. The highest BCUT2D eigenvalue weighted by atomic mass is 16.5. The van der Waals surface area contributed by atoms with E-state index in [1.807, 2.05) is 24.3 Å². The Morgan fingerprint density at radius 2 is 1.90 bits per heavy atom. The minimum Gasteiger partial charge on any atom is -0.497 e. The number of hydrogen-bond donors (Lipinski definition) is 2. The van der Waals surface area contributed by atoms with Crippen molar-refractivity contribution in [2.24, 2.45) is 11.7 Å². The Labute approximate surface area is 170 Å². The fourth-order valence-electron chi connectivity index (χ4n) is 3.57. The number of amides is 2. The summed E-state index contributed by atoms with van der Waals surface area (Å²) >= 11 is 0. The topological polar surface area (TPSA) is 93.9 Å². The van der Waals surface area contributed by atoms with Crippen molar-refractivity contribution in [3.05, 3.63) is 53.6 Å². The SMILES string of the molecule is COc1ccc(OC)c(C(=O)Nc2ccc(CN3CCCC(C(N)=O)C3)cc2)c1. The number of primary amides is 1. The fraction of sp³-hybridized carbons (Fsp3) is 0.364. The molecule has 154 valence electrons. The third kappa shape index (κ3) is 5.26. The second-order valence-corrected chi connectivity index (χ2v) is 7.19. The van der Waals surface area contributed by atoms with Gasteiger partial charge in [-0.1, -0.05) is 12.1 Å². The fourth-order valence-corrected chi connectivity index (χ4v) is 3.57. The van der Waals surface area contributed by atoms with Crippen molar-refractivity contribution in [1.29, 1.82) is 0 Å². The van der Waals surface area contributed by atoms with Crippen LogP contribution in [0.2, 0.25) is 0 Å². The molecule has 3 N–H and O–H groups in total. The number of carbonyl (C=O) groups excluding carboxylic acids is 2. The largest absolute Gasteiger partial charge is 0.497 e. The summed E-state index contributed by atoms with van der Waals surface area (Å²) in [6.07, 6.45) is 1.84. The van der Waals surface area contributed by atoms with Crippen LogP contribution in [0.1, 0.15) is 28.8 Å². The van der Waals surface area contributed by atoms with Crippen LogP contribution in [-0.2, 0) is 11.3 Å². The molecule has 7 nitrogen and oxygen atoms in total. The quantitative estimate of drug-likeness (QED) is 0.749. The molecule has 0 radical (unpaired) electrons. The lowest BCUT2D eigenvalue weighted by molar-refractivity contribution is -0.123. The molecule has 3 rings (SSSR count). The average Bonchev–Trinajstić information content (AvgIpc) is 2.74. The molecule has 1 aliphatic rings. The van der Waals surface area contributed by atoms with Gasteiger partial charge in [-0.25, -0.2) is 0 Å². The van der Waals surface area contributed by atoms with Gasteiger partial charge in [0, 0.05) is 18.8 Å². The number of nitrogens with zero attached hydrogens (tertiary/aromatic N) is 1. The molecule has 2 aromatic carbocycles. The maximum Gasteiger partial charge on any atom is 0.259 e. The molecule has 0 aliphatic carbocycles. The third-order valence-corrected chi connectivity index (χ3v) is 5.18. The zero-order valence-corrected chi connectivity index (χ0v) is 16.8. The Bertz CT molecular complexity index is 867. The van der Waals surface area contributed by atoms with Crippen molar-refractivity contribution in [2.45, 2.75) is 19.4 Å². The first-order valence-corrected chi connectivity index (χ1v) is 9.64. The molecule has 1 atom stereocenters. The molecule has 1 saturated heterocycles. The smallest absolute Gasteiger partial charge is 0.259 e. The first kappa shape index (κ1) is 20.7. The van der Waals surface area contributed by atoms with E-state index >= 15 is 0 Å². The molecular formula is C22H27N3O4. The van der Waals surface area contributed by atoms with Crippen LogP contribution in [0.5, 0.6) is 11.5 Å². The maximum absolute atomic E-state index is 12.7. The number of piperidine rings is 1. The summed E-state index contributed by atoms with van der Waals surface area (Å²) in [6.45, 7) is 2.41. The Morgan fingerprint density at radius 1 is 1.14 bits per heavy atom. The maximum atomic E-state index is 12.7. The predicted octanol–water partition coefficient (Wildman–Crippen LogP) is 2.65. The van der Waals surface area contributed by atoms with Gasteiger partial charge >= 0.3 is 0 Å². The van der Waals surface area contributed by atoms with Crippen LogP contribution < -0.4 is 20.5 Å². The second-order valence-electron chi connectivity index (χ2n) is 7.19. The van der Waals surface area contributed by atoms with Crippen LogP contribution in [0.25, 0.3) is 0 Å². The lowest BCUT2D eigenvalue weighted by atomic mass is 9.97. The molecule has 7 heteroatoms. The van der Waals surface area contributed by atoms with Crippen LogP contribution in [-0.4, -0.2) is 44.0 Å². The van der Waals surface area contributed by atoms with E-state index in [1.165, 1.54) is 7.11 Å². The van der Waals surface area contributed by atoms with Gasteiger partial charge in [-0.2, -0.15) is 0 Å². The van der Waals surface area contributed by atoms with E-state index < -0.39 is 0 Å². The normalized spacial score (nSPS) is 16.8. The van der Waals surface area contributed by atoms with Crippen molar-refractivity contribution in [1.82, 2.24) is 4.90 Å². The Kier molecular flexibility index (Phi) is 6.72. The lowest BCUT2D eigenvalue weighted by Crippen LogP contribution is -2.40. The molecule has 2 aromatic rings. The number of hydrogen-bond acceptors (Lipinski definition) is 5. The number of carbonyl (C=O) groups is 2. The van der Waals surface area contributed by atoms with Gasteiger partial charge in [-0.05, 0) is 55.3 Å². The molecule has 1 heterocycles.